The van der Waals surface area contributed by atoms with E-state index in [9.17, 15) is 0 Å². The Morgan fingerprint density at radius 1 is 1.00 bits per heavy atom. The zero-order valence-electron chi connectivity index (χ0n) is 11.2. The van der Waals surface area contributed by atoms with Crippen molar-refractivity contribution >= 4 is 0 Å². The van der Waals surface area contributed by atoms with E-state index in [1.165, 1.54) is 43.2 Å². The van der Waals surface area contributed by atoms with Gasteiger partial charge in [0.05, 0.1) is 6.10 Å². The number of benzene rings is 1. The highest BCUT2D eigenvalue weighted by Gasteiger charge is 2.23. The second kappa shape index (κ2) is 5.41. The van der Waals surface area contributed by atoms with Gasteiger partial charge in [0.2, 0.25) is 0 Å². The maximum atomic E-state index is 5.82. The Bertz CT molecular complexity index is 357. The molecule has 1 saturated heterocycles. The van der Waals surface area contributed by atoms with E-state index in [1.54, 1.807) is 0 Å². The van der Waals surface area contributed by atoms with Gasteiger partial charge in [0.15, 0.2) is 0 Å². The third kappa shape index (κ3) is 2.60. The molecule has 1 aliphatic heterocycles. The van der Waals surface area contributed by atoms with Crippen LogP contribution in [-0.4, -0.2) is 12.8 Å². The topological polar surface area (TPSA) is 21.3 Å². The predicted molar refractivity (Wildman–Crippen MR) is 73.6 cm³/mol. The Morgan fingerprint density at radius 3 is 2.28 bits per heavy atom. The highest BCUT2D eigenvalue weighted by atomic mass is 16.5. The molecule has 0 bridgehead atoms. The molecule has 2 heteroatoms. The molecular formula is C16H23NO. The SMILES string of the molecule is CC1NCC(c2ccc(C3CCCCC3)cc2)O1. The van der Waals surface area contributed by atoms with Crippen LogP contribution in [0.25, 0.3) is 0 Å². The quantitative estimate of drug-likeness (QED) is 0.857. The van der Waals surface area contributed by atoms with E-state index in [1.807, 2.05) is 0 Å². The molecule has 18 heavy (non-hydrogen) atoms. The van der Waals surface area contributed by atoms with E-state index in [0.29, 0.717) is 0 Å². The van der Waals surface area contributed by atoms with E-state index in [2.05, 4.69) is 36.5 Å². The minimum absolute atomic E-state index is 0.188. The third-order valence-corrected chi connectivity index (χ3v) is 4.34. The van der Waals surface area contributed by atoms with E-state index in [-0.39, 0.29) is 12.3 Å². The summed E-state index contributed by atoms with van der Waals surface area (Å²) in [6, 6.07) is 9.15. The molecule has 0 aromatic heterocycles. The first kappa shape index (κ1) is 12.2. The number of hydrogen-bond acceptors (Lipinski definition) is 2. The van der Waals surface area contributed by atoms with E-state index < -0.39 is 0 Å². The van der Waals surface area contributed by atoms with Crippen molar-refractivity contribution in [2.45, 2.75) is 57.3 Å². The van der Waals surface area contributed by atoms with Gasteiger partial charge in [0.1, 0.15) is 6.23 Å². The molecule has 2 atom stereocenters. The molecule has 0 amide bonds. The lowest BCUT2D eigenvalue weighted by molar-refractivity contribution is 0.0529. The maximum absolute atomic E-state index is 5.82. The molecule has 1 aromatic rings. The van der Waals surface area contributed by atoms with Gasteiger partial charge in [-0.15, -0.1) is 0 Å². The number of hydrogen-bond donors (Lipinski definition) is 1. The van der Waals surface area contributed by atoms with Gasteiger partial charge >= 0.3 is 0 Å². The first-order chi connectivity index (χ1) is 8.83. The molecule has 1 N–H and O–H groups in total. The molecule has 2 nitrogen and oxygen atoms in total. The van der Waals surface area contributed by atoms with Gasteiger partial charge < -0.3 is 4.74 Å². The average molecular weight is 245 g/mol. The molecular weight excluding hydrogens is 222 g/mol. The number of nitrogens with one attached hydrogen (secondary N) is 1. The van der Waals surface area contributed by atoms with Crippen LogP contribution in [0, 0.1) is 0 Å². The van der Waals surface area contributed by atoms with Crippen LogP contribution in [0.1, 0.15) is 62.2 Å². The van der Waals surface area contributed by atoms with Crippen molar-refractivity contribution in [1.29, 1.82) is 0 Å². The summed E-state index contributed by atoms with van der Waals surface area (Å²) in [5.41, 5.74) is 2.84. The van der Waals surface area contributed by atoms with Gasteiger partial charge in [-0.1, -0.05) is 43.5 Å². The summed E-state index contributed by atoms with van der Waals surface area (Å²) in [5, 5.41) is 3.32. The third-order valence-electron chi connectivity index (χ3n) is 4.34. The van der Waals surface area contributed by atoms with Gasteiger partial charge in [-0.2, -0.15) is 0 Å². The van der Waals surface area contributed by atoms with Crippen molar-refractivity contribution in [3.8, 4) is 0 Å². The molecule has 2 fully saturated rings. The van der Waals surface area contributed by atoms with Gasteiger partial charge in [-0.05, 0) is 36.8 Å². The summed E-state index contributed by atoms with van der Waals surface area (Å²) in [6.45, 7) is 3.00. The Balaban J connectivity index is 1.68. The van der Waals surface area contributed by atoms with Crippen molar-refractivity contribution in [2.75, 3.05) is 6.54 Å². The van der Waals surface area contributed by atoms with Crippen LogP contribution in [0.5, 0.6) is 0 Å². The van der Waals surface area contributed by atoms with Crippen molar-refractivity contribution < 1.29 is 4.74 Å². The summed E-state index contributed by atoms with van der Waals surface area (Å²) >= 11 is 0. The van der Waals surface area contributed by atoms with Crippen molar-refractivity contribution in [3.05, 3.63) is 35.4 Å². The lowest BCUT2D eigenvalue weighted by atomic mass is 9.84. The minimum Gasteiger partial charge on any atom is -0.354 e. The van der Waals surface area contributed by atoms with Crippen LogP contribution in [0.3, 0.4) is 0 Å². The van der Waals surface area contributed by atoms with Crippen molar-refractivity contribution in [1.82, 2.24) is 5.32 Å². The zero-order valence-corrected chi connectivity index (χ0v) is 11.2. The van der Waals surface area contributed by atoms with Gasteiger partial charge in [-0.3, -0.25) is 5.32 Å². The van der Waals surface area contributed by atoms with E-state index >= 15 is 0 Å². The molecule has 0 spiro atoms. The molecule has 1 heterocycles. The Labute approximate surface area is 110 Å². The standard InChI is InChI=1S/C16H23NO/c1-12-17-11-16(18-12)15-9-7-14(8-10-15)13-5-3-2-4-6-13/h7-10,12-13,16-17H,2-6,11H2,1H3. The Kier molecular flexibility index (Phi) is 3.67. The highest BCUT2D eigenvalue weighted by molar-refractivity contribution is 5.27. The summed E-state index contributed by atoms with van der Waals surface area (Å²) in [5.74, 6) is 0.800. The van der Waals surface area contributed by atoms with Gasteiger partial charge in [-0.25, -0.2) is 0 Å². The normalized spacial score (nSPS) is 29.6. The first-order valence-electron chi connectivity index (χ1n) is 7.31. The average Bonchev–Trinajstić information content (AvgIpc) is 2.87. The first-order valence-corrected chi connectivity index (χ1v) is 7.31. The smallest absolute Gasteiger partial charge is 0.106 e. The summed E-state index contributed by atoms with van der Waals surface area (Å²) < 4.78 is 5.82. The molecule has 2 aliphatic rings. The summed E-state index contributed by atoms with van der Waals surface area (Å²) in [6.07, 6.45) is 7.40. The fourth-order valence-electron chi connectivity index (χ4n) is 3.23. The highest BCUT2D eigenvalue weighted by Crippen LogP contribution is 2.33. The molecule has 0 radical (unpaired) electrons. The van der Waals surface area contributed by atoms with Gasteiger partial charge in [0.25, 0.3) is 0 Å². The van der Waals surface area contributed by atoms with Crippen molar-refractivity contribution in [2.24, 2.45) is 0 Å². The molecule has 2 unspecified atom stereocenters. The lowest BCUT2D eigenvalue weighted by Gasteiger charge is -2.22. The molecule has 1 saturated carbocycles. The summed E-state index contributed by atoms with van der Waals surface area (Å²) in [7, 11) is 0. The van der Waals surface area contributed by atoms with Crippen LogP contribution in [0.2, 0.25) is 0 Å². The monoisotopic (exact) mass is 245 g/mol. The van der Waals surface area contributed by atoms with E-state index in [0.717, 1.165) is 12.5 Å². The van der Waals surface area contributed by atoms with Crippen LogP contribution in [0.4, 0.5) is 0 Å². The fraction of sp³-hybridized carbons (Fsp3) is 0.625. The van der Waals surface area contributed by atoms with Crippen LogP contribution >= 0.6 is 0 Å². The fourth-order valence-corrected chi connectivity index (χ4v) is 3.23. The molecule has 98 valence electrons. The zero-order chi connectivity index (χ0) is 12.4. The Hall–Kier alpha value is -0.860. The number of ether oxygens (including phenoxy) is 1. The van der Waals surface area contributed by atoms with E-state index in [4.69, 9.17) is 4.74 Å². The largest absolute Gasteiger partial charge is 0.354 e. The second-order valence-corrected chi connectivity index (χ2v) is 5.68. The van der Waals surface area contributed by atoms with Crippen molar-refractivity contribution in [3.63, 3.8) is 0 Å². The predicted octanol–water partition coefficient (Wildman–Crippen LogP) is 3.74. The molecule has 1 aromatic carbocycles. The second-order valence-electron chi connectivity index (χ2n) is 5.68. The van der Waals surface area contributed by atoms with Crippen LogP contribution in [-0.2, 0) is 4.74 Å². The maximum Gasteiger partial charge on any atom is 0.106 e. The molecule has 3 rings (SSSR count). The van der Waals surface area contributed by atoms with Crippen LogP contribution < -0.4 is 5.32 Å². The minimum atomic E-state index is 0.188. The summed E-state index contributed by atoms with van der Waals surface area (Å²) in [4.78, 5) is 0. The Morgan fingerprint density at radius 2 is 1.67 bits per heavy atom. The number of rotatable bonds is 2. The lowest BCUT2D eigenvalue weighted by Crippen LogP contribution is -2.17. The molecule has 1 aliphatic carbocycles. The van der Waals surface area contributed by atoms with Gasteiger partial charge in [0, 0.05) is 6.54 Å². The van der Waals surface area contributed by atoms with Crippen LogP contribution in [0.15, 0.2) is 24.3 Å².